The zero-order valence-electron chi connectivity index (χ0n) is 21.1. The molecule has 1 aromatic heterocycles. The van der Waals surface area contributed by atoms with Crippen LogP contribution in [0.4, 0.5) is 4.39 Å². The Balaban J connectivity index is 1.30. The van der Waals surface area contributed by atoms with E-state index in [0.29, 0.717) is 12.4 Å². The predicted octanol–water partition coefficient (Wildman–Crippen LogP) is 8.82. The Morgan fingerprint density at radius 1 is 0.667 bits per heavy atom. The van der Waals surface area contributed by atoms with Crippen LogP contribution in [0.15, 0.2) is 85.2 Å². The second-order valence-corrected chi connectivity index (χ2v) is 9.28. The van der Waals surface area contributed by atoms with Gasteiger partial charge in [0.2, 0.25) is 0 Å². The van der Waals surface area contributed by atoms with Gasteiger partial charge in [-0.15, -0.1) is 0 Å². The van der Waals surface area contributed by atoms with E-state index in [9.17, 15) is 4.39 Å². The lowest BCUT2D eigenvalue weighted by Gasteiger charge is -2.10. The molecule has 3 aromatic carbocycles. The zero-order valence-corrected chi connectivity index (χ0v) is 21.1. The fraction of sp³-hybridized carbons (Fsp3) is 0.312. The van der Waals surface area contributed by atoms with E-state index >= 15 is 0 Å². The van der Waals surface area contributed by atoms with E-state index < -0.39 is 0 Å². The third-order valence-electron chi connectivity index (χ3n) is 6.42. The fourth-order valence-corrected chi connectivity index (χ4v) is 4.26. The van der Waals surface area contributed by atoms with Gasteiger partial charge in [0.05, 0.1) is 0 Å². The minimum atomic E-state index is -0.368. The van der Waals surface area contributed by atoms with Crippen LogP contribution in [-0.4, -0.2) is 9.97 Å². The van der Waals surface area contributed by atoms with Gasteiger partial charge in [0.1, 0.15) is 6.61 Å². The van der Waals surface area contributed by atoms with Crippen molar-refractivity contribution in [2.24, 2.45) is 0 Å². The second-order valence-electron chi connectivity index (χ2n) is 9.28. The molecule has 0 spiro atoms. The van der Waals surface area contributed by atoms with Crippen molar-refractivity contribution in [3.63, 3.8) is 0 Å². The first-order chi connectivity index (χ1) is 17.7. The molecule has 0 saturated heterocycles. The first-order valence-electron chi connectivity index (χ1n) is 13.1. The van der Waals surface area contributed by atoms with E-state index in [2.05, 4.69) is 16.9 Å². The van der Waals surface area contributed by atoms with Crippen LogP contribution in [0.3, 0.4) is 0 Å². The number of aromatic nitrogens is 2. The van der Waals surface area contributed by atoms with E-state index in [-0.39, 0.29) is 11.6 Å². The molecule has 0 radical (unpaired) electrons. The molecule has 0 amide bonds. The van der Waals surface area contributed by atoms with Gasteiger partial charge in [-0.05, 0) is 47.2 Å². The molecule has 0 fully saturated rings. The number of nitrogens with zero attached hydrogens (tertiary/aromatic N) is 2. The van der Waals surface area contributed by atoms with Crippen LogP contribution in [0, 0.1) is 5.82 Å². The van der Waals surface area contributed by atoms with Crippen molar-refractivity contribution >= 4 is 0 Å². The maximum absolute atomic E-state index is 14.7. The van der Waals surface area contributed by atoms with Crippen molar-refractivity contribution < 1.29 is 9.13 Å². The lowest BCUT2D eigenvalue weighted by atomic mass is 10.0. The summed E-state index contributed by atoms with van der Waals surface area (Å²) in [6.07, 6.45) is 14.0. The van der Waals surface area contributed by atoms with Crippen molar-refractivity contribution in [1.82, 2.24) is 9.97 Å². The van der Waals surface area contributed by atoms with Crippen molar-refractivity contribution in [2.45, 2.75) is 64.9 Å². The van der Waals surface area contributed by atoms with Gasteiger partial charge < -0.3 is 4.74 Å². The van der Waals surface area contributed by atoms with Gasteiger partial charge in [0, 0.05) is 18.0 Å². The topological polar surface area (TPSA) is 35.0 Å². The number of hydrogen-bond acceptors (Lipinski definition) is 3. The molecule has 0 bridgehead atoms. The van der Waals surface area contributed by atoms with Crippen LogP contribution in [0.1, 0.15) is 63.0 Å². The lowest BCUT2D eigenvalue weighted by Crippen LogP contribution is -1.97. The summed E-state index contributed by atoms with van der Waals surface area (Å²) in [5.74, 6) is 0.595. The summed E-state index contributed by atoms with van der Waals surface area (Å²) in [5, 5.41) is 0. The van der Waals surface area contributed by atoms with Crippen molar-refractivity contribution in [3.8, 4) is 28.3 Å². The second kappa shape index (κ2) is 13.5. The lowest BCUT2D eigenvalue weighted by molar-refractivity contribution is 0.290. The van der Waals surface area contributed by atoms with Crippen molar-refractivity contribution in [1.29, 1.82) is 0 Å². The van der Waals surface area contributed by atoms with Crippen LogP contribution in [0.5, 0.6) is 5.75 Å². The minimum Gasteiger partial charge on any atom is -0.486 e. The monoisotopic (exact) mass is 482 g/mol. The Labute approximate surface area is 214 Å². The van der Waals surface area contributed by atoms with Gasteiger partial charge >= 0.3 is 0 Å². The smallest absolute Gasteiger partial charge is 0.165 e. The molecule has 0 N–H and O–H groups in total. The van der Waals surface area contributed by atoms with E-state index in [1.54, 1.807) is 6.07 Å². The molecule has 0 unspecified atom stereocenters. The standard InChI is InChI=1S/C32H35FN2O/c1-2-3-4-5-6-7-9-14-26-22-34-32(35-23-26)28-17-15-27(16-18-28)29-19-20-31(30(33)21-29)36-24-25-12-10-8-11-13-25/h8,10-13,15-23H,2-7,9,14,24H2,1H3. The third-order valence-corrected chi connectivity index (χ3v) is 6.42. The van der Waals surface area contributed by atoms with Crippen LogP contribution < -0.4 is 4.74 Å². The highest BCUT2D eigenvalue weighted by atomic mass is 19.1. The van der Waals surface area contributed by atoms with Crippen LogP contribution in [0.25, 0.3) is 22.5 Å². The first-order valence-corrected chi connectivity index (χ1v) is 13.1. The molecule has 36 heavy (non-hydrogen) atoms. The highest BCUT2D eigenvalue weighted by Crippen LogP contribution is 2.28. The van der Waals surface area contributed by atoms with E-state index in [0.717, 1.165) is 28.7 Å². The minimum absolute atomic E-state index is 0.254. The fourth-order valence-electron chi connectivity index (χ4n) is 4.26. The Kier molecular flexibility index (Phi) is 9.61. The van der Waals surface area contributed by atoms with Crippen molar-refractivity contribution in [2.75, 3.05) is 0 Å². The highest BCUT2D eigenvalue weighted by Gasteiger charge is 2.08. The normalized spacial score (nSPS) is 10.9. The SMILES string of the molecule is CCCCCCCCCc1cnc(-c2ccc(-c3ccc(OCc4ccccc4)c(F)c3)cc2)nc1. The Hall–Kier alpha value is -3.53. The van der Waals surface area contributed by atoms with E-state index in [4.69, 9.17) is 4.74 Å². The molecule has 4 rings (SSSR count). The molecule has 0 aliphatic heterocycles. The molecule has 4 heteroatoms. The Bertz CT molecular complexity index is 1190. The van der Waals surface area contributed by atoms with Crippen LogP contribution in [0.2, 0.25) is 0 Å². The van der Waals surface area contributed by atoms with Crippen molar-refractivity contribution in [3.05, 3.63) is 102 Å². The summed E-state index contributed by atoms with van der Waals surface area (Å²) in [5.41, 5.74) is 4.88. The predicted molar refractivity (Wildman–Crippen MR) is 145 cm³/mol. The van der Waals surface area contributed by atoms with Crippen LogP contribution >= 0.6 is 0 Å². The molecule has 4 aromatic rings. The Morgan fingerprint density at radius 2 is 1.31 bits per heavy atom. The van der Waals surface area contributed by atoms with Gasteiger partial charge in [-0.2, -0.15) is 0 Å². The zero-order chi connectivity index (χ0) is 25.0. The quantitative estimate of drug-likeness (QED) is 0.179. The van der Waals surface area contributed by atoms with E-state index in [1.807, 2.05) is 73.1 Å². The van der Waals surface area contributed by atoms with Crippen LogP contribution in [-0.2, 0) is 13.0 Å². The molecule has 0 saturated carbocycles. The Morgan fingerprint density at radius 3 is 2.00 bits per heavy atom. The number of hydrogen-bond donors (Lipinski definition) is 0. The van der Waals surface area contributed by atoms with Gasteiger partial charge in [-0.1, -0.05) is 106 Å². The number of halogens is 1. The number of unbranched alkanes of at least 4 members (excludes halogenated alkanes) is 6. The third kappa shape index (κ3) is 7.48. The summed E-state index contributed by atoms with van der Waals surface area (Å²) in [6.45, 7) is 2.59. The van der Waals surface area contributed by atoms with Gasteiger partial charge in [0.15, 0.2) is 17.4 Å². The maximum Gasteiger partial charge on any atom is 0.165 e. The number of rotatable bonds is 13. The van der Waals surface area contributed by atoms with Gasteiger partial charge in [-0.3, -0.25) is 0 Å². The molecule has 186 valence electrons. The number of aryl methyl sites for hydroxylation is 1. The van der Waals surface area contributed by atoms with E-state index in [1.165, 1.54) is 56.6 Å². The molecule has 1 heterocycles. The molecule has 0 aliphatic rings. The summed E-state index contributed by atoms with van der Waals surface area (Å²) >= 11 is 0. The van der Waals surface area contributed by atoms with Gasteiger partial charge in [0.25, 0.3) is 0 Å². The summed E-state index contributed by atoms with van der Waals surface area (Å²) in [4.78, 5) is 9.15. The summed E-state index contributed by atoms with van der Waals surface area (Å²) in [7, 11) is 0. The summed E-state index contributed by atoms with van der Waals surface area (Å²) < 4.78 is 20.3. The molecule has 0 aliphatic carbocycles. The maximum atomic E-state index is 14.7. The number of ether oxygens (including phenoxy) is 1. The molecule has 3 nitrogen and oxygen atoms in total. The number of benzene rings is 3. The average Bonchev–Trinajstić information content (AvgIpc) is 2.93. The molecular formula is C32H35FN2O. The molecular weight excluding hydrogens is 447 g/mol. The summed E-state index contributed by atoms with van der Waals surface area (Å²) in [6, 6.07) is 22.8. The molecule has 0 atom stereocenters. The first kappa shape index (κ1) is 25.6. The van der Waals surface area contributed by atoms with Gasteiger partial charge in [-0.25, -0.2) is 14.4 Å². The largest absolute Gasteiger partial charge is 0.486 e. The highest BCUT2D eigenvalue weighted by molar-refractivity contribution is 5.68. The average molecular weight is 483 g/mol.